The molecule has 0 aromatic rings. The van der Waals surface area contributed by atoms with Gasteiger partial charge in [0.25, 0.3) is 5.91 Å². The van der Waals surface area contributed by atoms with Gasteiger partial charge in [-0.05, 0) is 24.7 Å². The third kappa shape index (κ3) is 2.32. The van der Waals surface area contributed by atoms with Crippen LogP contribution in [0.5, 0.6) is 0 Å². The predicted molar refractivity (Wildman–Crippen MR) is 59.0 cm³/mol. The van der Waals surface area contributed by atoms with Crippen molar-refractivity contribution in [2.45, 2.75) is 37.9 Å². The molecular weight excluding hydrogens is 222 g/mol. The van der Waals surface area contributed by atoms with Gasteiger partial charge >= 0.3 is 0 Å². The van der Waals surface area contributed by atoms with Gasteiger partial charge in [-0.2, -0.15) is 0 Å². The first-order valence-corrected chi connectivity index (χ1v) is 6.49. The summed E-state index contributed by atoms with van der Waals surface area (Å²) < 4.78 is 10.8. The third-order valence-electron chi connectivity index (χ3n) is 4.07. The van der Waals surface area contributed by atoms with Crippen LogP contribution in [-0.4, -0.2) is 37.9 Å². The second-order valence-corrected chi connectivity index (χ2v) is 5.18. The molecule has 4 atom stereocenters. The van der Waals surface area contributed by atoms with Crippen LogP contribution in [0.2, 0.25) is 0 Å². The summed E-state index contributed by atoms with van der Waals surface area (Å²) in [6.45, 7) is 2.01. The highest BCUT2D eigenvalue weighted by molar-refractivity contribution is 5.80. The van der Waals surface area contributed by atoms with E-state index in [1.807, 2.05) is 0 Å². The Labute approximate surface area is 101 Å². The van der Waals surface area contributed by atoms with Gasteiger partial charge in [0, 0.05) is 13.0 Å². The highest BCUT2D eigenvalue weighted by atomic mass is 16.7. The average Bonchev–Trinajstić information content (AvgIpc) is 3.02. The first-order chi connectivity index (χ1) is 8.34. The molecule has 0 radical (unpaired) electrons. The van der Waals surface area contributed by atoms with Crippen molar-refractivity contribution in [3.05, 3.63) is 0 Å². The Balaban J connectivity index is 1.48. The van der Waals surface area contributed by atoms with Gasteiger partial charge in [0.1, 0.15) is 12.2 Å². The van der Waals surface area contributed by atoms with E-state index in [9.17, 15) is 4.79 Å². The van der Waals surface area contributed by atoms with Crippen molar-refractivity contribution >= 4 is 5.91 Å². The molecule has 2 saturated heterocycles. The quantitative estimate of drug-likeness (QED) is 0.737. The number of rotatable bonds is 3. The van der Waals surface area contributed by atoms with Crippen molar-refractivity contribution in [3.63, 3.8) is 0 Å². The molecule has 2 heterocycles. The van der Waals surface area contributed by atoms with Crippen LogP contribution in [0.1, 0.15) is 25.7 Å². The molecule has 1 unspecified atom stereocenters. The second-order valence-electron chi connectivity index (χ2n) is 5.18. The maximum absolute atomic E-state index is 11.9. The van der Waals surface area contributed by atoms with E-state index < -0.39 is 0 Å². The van der Waals surface area contributed by atoms with E-state index in [4.69, 9.17) is 14.3 Å². The number of fused-ring (bicyclic) bond motifs is 1. The van der Waals surface area contributed by atoms with E-state index in [1.165, 1.54) is 12.8 Å². The van der Waals surface area contributed by atoms with E-state index in [0.29, 0.717) is 25.0 Å². The maximum Gasteiger partial charge on any atom is 0.272 e. The van der Waals surface area contributed by atoms with E-state index in [-0.39, 0.29) is 18.1 Å². The summed E-state index contributed by atoms with van der Waals surface area (Å²) >= 11 is 0. The molecule has 0 aromatic heterocycles. The molecule has 5 nitrogen and oxygen atoms in total. The Morgan fingerprint density at radius 2 is 2.18 bits per heavy atom. The Kier molecular flexibility index (Phi) is 3.31. The summed E-state index contributed by atoms with van der Waals surface area (Å²) in [7, 11) is 0. The Morgan fingerprint density at radius 3 is 3.00 bits per heavy atom. The minimum Gasteiger partial charge on any atom is -0.379 e. The summed E-state index contributed by atoms with van der Waals surface area (Å²) in [5.74, 6) is 0.866. The first-order valence-electron chi connectivity index (χ1n) is 6.49. The number of nitrogens with one attached hydrogen (secondary N) is 1. The van der Waals surface area contributed by atoms with Crippen molar-refractivity contribution in [3.8, 4) is 0 Å². The number of ether oxygens (including phenoxy) is 2. The van der Waals surface area contributed by atoms with Crippen LogP contribution >= 0.6 is 0 Å². The predicted octanol–water partition coefficient (Wildman–Crippen LogP) is 0.638. The van der Waals surface area contributed by atoms with Crippen LogP contribution < -0.4 is 5.48 Å². The average molecular weight is 241 g/mol. The van der Waals surface area contributed by atoms with Crippen LogP contribution in [0, 0.1) is 11.8 Å². The van der Waals surface area contributed by atoms with E-state index in [2.05, 4.69) is 5.48 Å². The van der Waals surface area contributed by atoms with Gasteiger partial charge in [-0.3, -0.25) is 9.63 Å². The Bertz CT molecular complexity index is 290. The molecule has 5 heteroatoms. The van der Waals surface area contributed by atoms with Crippen molar-refractivity contribution in [2.75, 3.05) is 19.8 Å². The molecule has 0 spiro atoms. The van der Waals surface area contributed by atoms with Crippen LogP contribution in [0.4, 0.5) is 0 Å². The zero-order valence-corrected chi connectivity index (χ0v) is 9.89. The lowest BCUT2D eigenvalue weighted by Crippen LogP contribution is -2.40. The fourth-order valence-corrected chi connectivity index (χ4v) is 3.10. The van der Waals surface area contributed by atoms with Gasteiger partial charge in [-0.25, -0.2) is 5.48 Å². The Morgan fingerprint density at radius 1 is 1.24 bits per heavy atom. The maximum atomic E-state index is 11.9. The van der Waals surface area contributed by atoms with Gasteiger partial charge in [0.15, 0.2) is 0 Å². The fourth-order valence-electron chi connectivity index (χ4n) is 3.10. The van der Waals surface area contributed by atoms with Crippen molar-refractivity contribution in [2.24, 2.45) is 11.8 Å². The molecule has 3 aliphatic rings. The van der Waals surface area contributed by atoms with E-state index in [0.717, 1.165) is 19.4 Å². The summed E-state index contributed by atoms with van der Waals surface area (Å²) in [4.78, 5) is 17.3. The first kappa shape index (κ1) is 11.4. The van der Waals surface area contributed by atoms with Gasteiger partial charge < -0.3 is 9.47 Å². The van der Waals surface area contributed by atoms with Gasteiger partial charge in [-0.15, -0.1) is 0 Å². The van der Waals surface area contributed by atoms with Gasteiger partial charge in [-0.1, -0.05) is 6.42 Å². The number of amides is 1. The lowest BCUT2D eigenvalue weighted by atomic mass is 9.94. The summed E-state index contributed by atoms with van der Waals surface area (Å²) in [5, 5.41) is 0. The van der Waals surface area contributed by atoms with Crippen LogP contribution in [-0.2, 0) is 19.1 Å². The van der Waals surface area contributed by atoms with Crippen molar-refractivity contribution in [1.82, 2.24) is 5.48 Å². The number of hydroxylamine groups is 1. The minimum atomic E-state index is -0.301. The summed E-state index contributed by atoms with van der Waals surface area (Å²) in [6, 6.07) is 0. The monoisotopic (exact) mass is 241 g/mol. The molecule has 3 rings (SSSR count). The summed E-state index contributed by atoms with van der Waals surface area (Å²) in [5.41, 5.74) is 2.54. The van der Waals surface area contributed by atoms with Crippen LogP contribution in [0.15, 0.2) is 0 Å². The number of carbonyl (C=O) groups excluding carboxylic acids is 1. The molecule has 1 amide bonds. The van der Waals surface area contributed by atoms with Crippen LogP contribution in [0.25, 0.3) is 0 Å². The molecular formula is C12H19NO4. The molecule has 0 aromatic carbocycles. The molecule has 0 bridgehead atoms. The standard InChI is InChI=1S/C12H19NO4/c14-12(13-17-9-4-5-15-7-9)11-10-3-1-2-8(10)6-16-11/h8-11H,1-7H2,(H,13,14)/t8-,9?,10-,11+/m0/s1. The zero-order valence-electron chi connectivity index (χ0n) is 9.89. The molecule has 3 fully saturated rings. The highest BCUT2D eigenvalue weighted by Crippen LogP contribution is 2.40. The zero-order chi connectivity index (χ0) is 11.7. The molecule has 1 N–H and O–H groups in total. The molecule has 17 heavy (non-hydrogen) atoms. The SMILES string of the molecule is O=C(NOC1CCOC1)[C@@H]1OC[C@@H]2CCC[C@@H]21. The van der Waals surface area contributed by atoms with E-state index in [1.54, 1.807) is 0 Å². The highest BCUT2D eigenvalue weighted by Gasteiger charge is 2.44. The second kappa shape index (κ2) is 4.92. The smallest absolute Gasteiger partial charge is 0.272 e. The lowest BCUT2D eigenvalue weighted by Gasteiger charge is -2.17. The summed E-state index contributed by atoms with van der Waals surface area (Å²) in [6.07, 6.45) is 4.07. The number of hydrogen-bond donors (Lipinski definition) is 1. The molecule has 1 saturated carbocycles. The molecule has 1 aliphatic carbocycles. The van der Waals surface area contributed by atoms with Crippen molar-refractivity contribution < 1.29 is 19.1 Å². The Hall–Kier alpha value is -0.650. The van der Waals surface area contributed by atoms with Gasteiger partial charge in [0.05, 0.1) is 13.2 Å². The van der Waals surface area contributed by atoms with Crippen molar-refractivity contribution in [1.29, 1.82) is 0 Å². The number of hydrogen-bond acceptors (Lipinski definition) is 4. The van der Waals surface area contributed by atoms with Gasteiger partial charge in [0.2, 0.25) is 0 Å². The molecule has 96 valence electrons. The topological polar surface area (TPSA) is 56.8 Å². The largest absolute Gasteiger partial charge is 0.379 e. The third-order valence-corrected chi connectivity index (χ3v) is 4.07. The minimum absolute atomic E-state index is 0.000252. The number of carbonyl (C=O) groups is 1. The lowest BCUT2D eigenvalue weighted by molar-refractivity contribution is -0.149. The van der Waals surface area contributed by atoms with Crippen LogP contribution in [0.3, 0.4) is 0 Å². The normalized spacial score (nSPS) is 40.5. The fraction of sp³-hybridized carbons (Fsp3) is 0.917. The molecule has 2 aliphatic heterocycles. The van der Waals surface area contributed by atoms with E-state index >= 15 is 0 Å².